The Kier molecular flexibility index (Phi) is 18.9. The average molecular weight is 1080 g/mol. The summed E-state index contributed by atoms with van der Waals surface area (Å²) < 4.78 is 32.6. The van der Waals surface area contributed by atoms with E-state index >= 15 is 0 Å². The van der Waals surface area contributed by atoms with Gasteiger partial charge in [-0.25, -0.2) is 28.8 Å². The fourth-order valence-corrected chi connectivity index (χ4v) is 11.9. The highest BCUT2D eigenvalue weighted by Gasteiger charge is 2.55. The molecule has 3 saturated heterocycles. The highest BCUT2D eigenvalue weighted by molar-refractivity contribution is 5.73. The number of nitrogens with zero attached hydrogens (tertiary/aromatic N) is 3. The molecule has 3 aromatic carbocycles. The number of nitrogens with one attached hydrogen (secondary N) is 3. The van der Waals surface area contributed by atoms with E-state index < -0.39 is 51.7 Å². The van der Waals surface area contributed by atoms with Gasteiger partial charge in [-0.05, 0) is 118 Å². The minimum atomic E-state index is -0.540. The van der Waals surface area contributed by atoms with Crippen LogP contribution in [0.15, 0.2) is 91.0 Å². The lowest BCUT2D eigenvalue weighted by molar-refractivity contribution is 0.0430. The maximum absolute atomic E-state index is 12.5. The molecule has 0 bridgehead atoms. The van der Waals surface area contributed by atoms with E-state index in [0.717, 1.165) is 74.5 Å². The molecule has 3 aliphatic carbocycles. The molecule has 9 rings (SSSR count). The molecule has 3 heterocycles. The predicted octanol–water partition coefficient (Wildman–Crippen LogP) is 11.1. The Morgan fingerprint density at radius 2 is 0.667 bits per heavy atom. The van der Waals surface area contributed by atoms with Crippen molar-refractivity contribution in [1.82, 2.24) is 30.7 Å². The average Bonchev–Trinajstić information content (AvgIpc) is 4.26. The summed E-state index contributed by atoms with van der Waals surface area (Å²) in [6.07, 6.45) is 6.51. The third-order valence-corrected chi connectivity index (χ3v) is 15.3. The molecule has 3 aromatic rings. The second kappa shape index (κ2) is 24.9. The van der Waals surface area contributed by atoms with Gasteiger partial charge >= 0.3 is 36.6 Å². The van der Waals surface area contributed by atoms with Crippen LogP contribution < -0.4 is 16.0 Å². The minimum absolute atomic E-state index is 0.249. The Morgan fingerprint density at radius 3 is 0.897 bits per heavy atom. The fraction of sp³-hybridized carbons (Fsp3) is 0.600. The summed E-state index contributed by atoms with van der Waals surface area (Å²) in [5, 5.41) is 9.18. The number of benzene rings is 3. The Morgan fingerprint density at radius 1 is 0.423 bits per heavy atom. The summed E-state index contributed by atoms with van der Waals surface area (Å²) in [7, 11) is 0. The monoisotopic (exact) mass is 1080 g/mol. The van der Waals surface area contributed by atoms with Crippen LogP contribution in [-0.2, 0) is 48.2 Å². The van der Waals surface area contributed by atoms with Gasteiger partial charge in [-0.2, -0.15) is 0 Å². The third-order valence-electron chi connectivity index (χ3n) is 15.3. The van der Waals surface area contributed by atoms with Crippen molar-refractivity contribution in [3.63, 3.8) is 0 Å². The van der Waals surface area contributed by atoms with Crippen molar-refractivity contribution in [3.05, 3.63) is 108 Å². The fourth-order valence-electron chi connectivity index (χ4n) is 11.9. The number of hydrogen-bond acceptors (Lipinski definition) is 12. The van der Waals surface area contributed by atoms with E-state index in [4.69, 9.17) is 28.4 Å². The second-order valence-corrected chi connectivity index (χ2v) is 24.9. The lowest BCUT2D eigenvalue weighted by atomic mass is 9.91. The molecule has 18 heteroatoms. The molecule has 426 valence electrons. The Balaban J connectivity index is 0.000000170. The number of rotatable bonds is 9. The summed E-state index contributed by atoms with van der Waals surface area (Å²) in [4.78, 5) is 79.4. The number of likely N-dealkylation sites (tertiary alicyclic amines) is 3. The van der Waals surface area contributed by atoms with E-state index in [0.29, 0.717) is 39.3 Å². The van der Waals surface area contributed by atoms with Crippen molar-refractivity contribution in [1.29, 1.82) is 0 Å². The molecule has 6 amide bonds. The van der Waals surface area contributed by atoms with Crippen LogP contribution in [0, 0.1) is 17.8 Å². The molecule has 0 radical (unpaired) electrons. The van der Waals surface area contributed by atoms with E-state index in [1.54, 1.807) is 14.7 Å². The number of fused-ring (bicyclic) bond motifs is 3. The zero-order valence-corrected chi connectivity index (χ0v) is 47.4. The first kappa shape index (κ1) is 59.0. The van der Waals surface area contributed by atoms with Gasteiger partial charge in [-0.3, -0.25) is 0 Å². The summed E-state index contributed by atoms with van der Waals surface area (Å²) >= 11 is 0. The van der Waals surface area contributed by atoms with Gasteiger partial charge < -0.3 is 59.1 Å². The first-order valence-electron chi connectivity index (χ1n) is 27.7. The van der Waals surface area contributed by atoms with Crippen LogP contribution in [0.5, 0.6) is 0 Å². The molecule has 3 aliphatic heterocycles. The van der Waals surface area contributed by atoms with Gasteiger partial charge in [0.05, 0.1) is 16.6 Å². The largest absolute Gasteiger partial charge is 0.445 e. The van der Waals surface area contributed by atoms with Gasteiger partial charge in [0.15, 0.2) is 0 Å². The maximum atomic E-state index is 12.5. The minimum Gasteiger partial charge on any atom is -0.445 e. The lowest BCUT2D eigenvalue weighted by Crippen LogP contribution is -2.53. The summed E-state index contributed by atoms with van der Waals surface area (Å²) in [5.41, 5.74) is 0.0760. The molecule has 6 aliphatic rings. The molecular weight excluding hydrogens is 997 g/mol. The van der Waals surface area contributed by atoms with E-state index in [1.165, 1.54) is 0 Å². The first-order valence-corrected chi connectivity index (χ1v) is 27.7. The molecular formula is C60H84N6O12. The number of alkyl carbamates (subject to hydrolysis) is 3. The van der Waals surface area contributed by atoms with Gasteiger partial charge in [0.2, 0.25) is 0 Å². The zero-order chi connectivity index (χ0) is 56.4. The molecule has 6 atom stereocenters. The Hall–Kier alpha value is -6.72. The molecule has 0 spiro atoms. The third kappa shape index (κ3) is 16.4. The van der Waals surface area contributed by atoms with E-state index in [1.807, 2.05) is 153 Å². The topological polar surface area (TPSA) is 204 Å². The van der Waals surface area contributed by atoms with Crippen molar-refractivity contribution in [2.24, 2.45) is 17.8 Å². The van der Waals surface area contributed by atoms with Crippen molar-refractivity contribution < 1.29 is 57.2 Å². The first-order chi connectivity index (χ1) is 36.8. The van der Waals surface area contributed by atoms with Crippen LogP contribution in [0.1, 0.15) is 137 Å². The van der Waals surface area contributed by atoms with Crippen LogP contribution in [-0.4, -0.2) is 124 Å². The molecule has 0 aromatic heterocycles. The van der Waals surface area contributed by atoms with Gasteiger partial charge in [-0.1, -0.05) is 110 Å². The van der Waals surface area contributed by atoms with Crippen molar-refractivity contribution in [2.45, 2.75) is 173 Å². The van der Waals surface area contributed by atoms with E-state index in [9.17, 15) is 28.8 Å². The van der Waals surface area contributed by atoms with E-state index in [-0.39, 0.29) is 55.9 Å². The van der Waals surface area contributed by atoms with Crippen LogP contribution in [0.25, 0.3) is 0 Å². The zero-order valence-electron chi connectivity index (χ0n) is 47.4. The molecule has 18 nitrogen and oxygen atoms in total. The second-order valence-electron chi connectivity index (χ2n) is 24.9. The number of carbonyl (C=O) groups excluding carboxylic acids is 6. The molecule has 6 fully saturated rings. The maximum Gasteiger partial charge on any atom is 0.410 e. The standard InChI is InChI=1S/3C20H28N2O4/c3*1-19(2,3)26-17(23)21-20-11-7-10-16(20)12-22(14-20)18(24)25-13-15-8-5-4-6-9-15/h3*4-6,8-9,16H,7,10-14H2,1-3H3,(H,21,23). The number of amides is 6. The van der Waals surface area contributed by atoms with Gasteiger partial charge in [0.25, 0.3) is 0 Å². The highest BCUT2D eigenvalue weighted by Crippen LogP contribution is 2.44. The lowest BCUT2D eigenvalue weighted by Gasteiger charge is -2.31. The van der Waals surface area contributed by atoms with Gasteiger partial charge in [0.1, 0.15) is 36.6 Å². The SMILES string of the molecule is CC(C)(C)OC(=O)NC12CCCC1CN(C(=O)OCc1ccccc1)C2.CC(C)(C)OC(=O)NC12CCCC1CN(C(=O)OCc1ccccc1)C2.CC(C)(C)OC(=O)NC12CCCC1CN(C(=O)OCc1ccccc1)C2. The molecule has 3 N–H and O–H groups in total. The van der Waals surface area contributed by atoms with Crippen LogP contribution in [0.3, 0.4) is 0 Å². The number of hydrogen-bond donors (Lipinski definition) is 3. The smallest absolute Gasteiger partial charge is 0.410 e. The van der Waals surface area contributed by atoms with Crippen LogP contribution in [0.2, 0.25) is 0 Å². The number of ether oxygens (including phenoxy) is 6. The van der Waals surface area contributed by atoms with Crippen molar-refractivity contribution in [2.75, 3.05) is 39.3 Å². The predicted molar refractivity (Wildman–Crippen MR) is 293 cm³/mol. The number of carbonyl (C=O) groups is 6. The molecule has 3 saturated carbocycles. The normalized spacial score (nSPS) is 24.9. The summed E-state index contributed by atoms with van der Waals surface area (Å²) in [6, 6.07) is 28.9. The molecule has 78 heavy (non-hydrogen) atoms. The van der Waals surface area contributed by atoms with Crippen LogP contribution >= 0.6 is 0 Å². The summed E-state index contributed by atoms with van der Waals surface area (Å²) in [5.74, 6) is 0.748. The highest BCUT2D eigenvalue weighted by atomic mass is 16.6. The van der Waals surface area contributed by atoms with Gasteiger partial charge in [0, 0.05) is 57.0 Å². The Labute approximate surface area is 460 Å². The van der Waals surface area contributed by atoms with Gasteiger partial charge in [-0.15, -0.1) is 0 Å². The quantitative estimate of drug-likeness (QED) is 0.171. The van der Waals surface area contributed by atoms with Crippen molar-refractivity contribution >= 4 is 36.6 Å². The van der Waals surface area contributed by atoms with E-state index in [2.05, 4.69) is 16.0 Å². The molecule has 6 unspecified atom stereocenters. The Bertz CT molecular complexity index is 2240. The summed E-state index contributed by atoms with van der Waals surface area (Å²) in [6.45, 7) is 20.7. The van der Waals surface area contributed by atoms with Crippen molar-refractivity contribution in [3.8, 4) is 0 Å². The van der Waals surface area contributed by atoms with Crippen LogP contribution in [0.4, 0.5) is 28.8 Å².